The van der Waals surface area contributed by atoms with Crippen LogP contribution in [0.2, 0.25) is 0 Å². The van der Waals surface area contributed by atoms with Crippen LogP contribution in [0.3, 0.4) is 0 Å². The van der Waals surface area contributed by atoms with Crippen LogP contribution < -0.4 is 20.7 Å². The predicted molar refractivity (Wildman–Crippen MR) is 80.3 cm³/mol. The van der Waals surface area contributed by atoms with Crippen LogP contribution in [0.25, 0.3) is 0 Å². The van der Waals surface area contributed by atoms with Gasteiger partial charge in [-0.15, -0.1) is 0 Å². The summed E-state index contributed by atoms with van der Waals surface area (Å²) in [5.41, 5.74) is 3.62. The van der Waals surface area contributed by atoms with Gasteiger partial charge in [-0.3, -0.25) is 10.2 Å². The van der Waals surface area contributed by atoms with E-state index in [0.29, 0.717) is 24.5 Å². The molecule has 1 amide bonds. The average Bonchev–Trinajstić information content (AvgIpc) is 2.52. The van der Waals surface area contributed by atoms with Gasteiger partial charge in [0.2, 0.25) is 0 Å². The van der Waals surface area contributed by atoms with Crippen LogP contribution in [0.15, 0.2) is 48.5 Å². The van der Waals surface area contributed by atoms with Gasteiger partial charge in [0.15, 0.2) is 0 Å². The van der Waals surface area contributed by atoms with Gasteiger partial charge in [0.1, 0.15) is 24.7 Å². The molecule has 0 unspecified atom stereocenters. The van der Waals surface area contributed by atoms with Crippen molar-refractivity contribution in [3.05, 3.63) is 59.7 Å². The van der Waals surface area contributed by atoms with E-state index in [1.54, 1.807) is 24.3 Å². The minimum Gasteiger partial charge on any atom is -0.490 e. The maximum atomic E-state index is 11.4. The minimum atomic E-state index is -0.350. The van der Waals surface area contributed by atoms with Gasteiger partial charge in [0, 0.05) is 5.56 Å². The van der Waals surface area contributed by atoms with E-state index >= 15 is 0 Å². The van der Waals surface area contributed by atoms with Crippen LogP contribution >= 0.6 is 0 Å². The van der Waals surface area contributed by atoms with Crippen LogP contribution in [-0.4, -0.2) is 19.1 Å². The lowest BCUT2D eigenvalue weighted by atomic mass is 10.2. The number of hydrazine groups is 1. The van der Waals surface area contributed by atoms with Crippen molar-refractivity contribution < 1.29 is 14.3 Å². The van der Waals surface area contributed by atoms with Gasteiger partial charge in [0.05, 0.1) is 0 Å². The molecule has 110 valence electrons. The molecule has 0 fully saturated rings. The van der Waals surface area contributed by atoms with E-state index in [2.05, 4.69) is 5.43 Å². The first-order valence-corrected chi connectivity index (χ1v) is 6.63. The highest BCUT2D eigenvalue weighted by Crippen LogP contribution is 2.16. The Kier molecular flexibility index (Phi) is 5.17. The molecule has 2 aromatic carbocycles. The van der Waals surface area contributed by atoms with E-state index < -0.39 is 0 Å². The van der Waals surface area contributed by atoms with E-state index in [-0.39, 0.29) is 5.91 Å². The summed E-state index contributed by atoms with van der Waals surface area (Å²) in [6, 6.07) is 14.6. The first-order chi connectivity index (χ1) is 10.2. The Balaban J connectivity index is 1.84. The highest BCUT2D eigenvalue weighted by atomic mass is 16.5. The third-order valence-corrected chi connectivity index (χ3v) is 2.93. The Labute approximate surface area is 123 Å². The van der Waals surface area contributed by atoms with Crippen molar-refractivity contribution in [1.82, 2.24) is 5.43 Å². The topological polar surface area (TPSA) is 73.6 Å². The van der Waals surface area contributed by atoms with Gasteiger partial charge in [-0.25, -0.2) is 5.84 Å². The largest absolute Gasteiger partial charge is 0.490 e. The van der Waals surface area contributed by atoms with Crippen molar-refractivity contribution >= 4 is 5.91 Å². The smallest absolute Gasteiger partial charge is 0.265 e. The number of nitrogen functional groups attached to an aromatic ring is 1. The summed E-state index contributed by atoms with van der Waals surface area (Å²) in [6.45, 7) is 2.81. The number of rotatable bonds is 6. The molecule has 5 heteroatoms. The highest BCUT2D eigenvalue weighted by Gasteiger charge is 2.04. The average molecular weight is 286 g/mol. The summed E-state index contributed by atoms with van der Waals surface area (Å²) in [4.78, 5) is 11.4. The van der Waals surface area contributed by atoms with Crippen molar-refractivity contribution in [2.24, 2.45) is 5.84 Å². The van der Waals surface area contributed by atoms with Gasteiger partial charge >= 0.3 is 0 Å². The molecule has 2 aromatic rings. The summed E-state index contributed by atoms with van der Waals surface area (Å²) in [5, 5.41) is 0. The number of aryl methyl sites for hydroxylation is 1. The van der Waals surface area contributed by atoms with Crippen LogP contribution in [-0.2, 0) is 0 Å². The lowest BCUT2D eigenvalue weighted by molar-refractivity contribution is 0.0953. The fourth-order valence-corrected chi connectivity index (χ4v) is 1.84. The van der Waals surface area contributed by atoms with Gasteiger partial charge in [-0.05, 0) is 36.8 Å². The molecule has 3 N–H and O–H groups in total. The molecule has 0 aliphatic rings. The normalized spacial score (nSPS) is 10.0. The summed E-state index contributed by atoms with van der Waals surface area (Å²) in [7, 11) is 0. The van der Waals surface area contributed by atoms with Crippen LogP contribution in [0.5, 0.6) is 11.5 Å². The Hall–Kier alpha value is -2.53. The lowest BCUT2D eigenvalue weighted by Gasteiger charge is -2.10. The zero-order valence-corrected chi connectivity index (χ0v) is 11.8. The maximum Gasteiger partial charge on any atom is 0.265 e. The third kappa shape index (κ3) is 4.22. The SMILES string of the molecule is Cc1ccccc1OCCOc1cccc(C(=O)NN)c1. The molecule has 0 saturated carbocycles. The second-order valence-electron chi connectivity index (χ2n) is 4.46. The molecule has 0 atom stereocenters. The number of nitrogens with one attached hydrogen (secondary N) is 1. The lowest BCUT2D eigenvalue weighted by Crippen LogP contribution is -2.29. The first-order valence-electron chi connectivity index (χ1n) is 6.63. The molecule has 0 aliphatic heterocycles. The fourth-order valence-electron chi connectivity index (χ4n) is 1.84. The van der Waals surface area contributed by atoms with Crippen LogP contribution in [0.1, 0.15) is 15.9 Å². The number of ether oxygens (including phenoxy) is 2. The van der Waals surface area contributed by atoms with Gasteiger partial charge in [0.25, 0.3) is 5.91 Å². The molecule has 0 spiro atoms. The van der Waals surface area contributed by atoms with Crippen molar-refractivity contribution in [2.45, 2.75) is 6.92 Å². The molecule has 0 aliphatic carbocycles. The van der Waals surface area contributed by atoms with E-state index in [4.69, 9.17) is 15.3 Å². The number of para-hydroxylation sites is 1. The van der Waals surface area contributed by atoms with E-state index in [9.17, 15) is 4.79 Å². The second kappa shape index (κ2) is 7.31. The van der Waals surface area contributed by atoms with Gasteiger partial charge in [-0.1, -0.05) is 24.3 Å². The number of hydrogen-bond acceptors (Lipinski definition) is 4. The van der Waals surface area contributed by atoms with E-state index in [1.165, 1.54) is 0 Å². The number of hydrogen-bond donors (Lipinski definition) is 2. The predicted octanol–water partition coefficient (Wildman–Crippen LogP) is 2.06. The number of amides is 1. The van der Waals surface area contributed by atoms with E-state index in [1.807, 2.05) is 31.2 Å². The standard InChI is InChI=1S/C16H18N2O3/c1-12-5-2-3-8-15(12)21-10-9-20-14-7-4-6-13(11-14)16(19)18-17/h2-8,11H,9-10,17H2,1H3,(H,18,19). The molecule has 5 nitrogen and oxygen atoms in total. The zero-order valence-electron chi connectivity index (χ0n) is 11.8. The van der Waals surface area contributed by atoms with Gasteiger partial charge < -0.3 is 9.47 Å². The number of nitrogens with two attached hydrogens (primary N) is 1. The van der Waals surface area contributed by atoms with Crippen LogP contribution in [0.4, 0.5) is 0 Å². The van der Waals surface area contributed by atoms with Crippen LogP contribution in [0, 0.1) is 6.92 Å². The third-order valence-electron chi connectivity index (χ3n) is 2.93. The quantitative estimate of drug-likeness (QED) is 0.369. The molecule has 0 aromatic heterocycles. The molecule has 0 bridgehead atoms. The Morgan fingerprint density at radius 3 is 2.62 bits per heavy atom. The zero-order chi connectivity index (χ0) is 15.1. The summed E-state index contributed by atoms with van der Waals surface area (Å²) in [5.74, 6) is 6.19. The Morgan fingerprint density at radius 2 is 1.86 bits per heavy atom. The fraction of sp³-hybridized carbons (Fsp3) is 0.188. The molecule has 0 radical (unpaired) electrons. The molecule has 0 heterocycles. The molecule has 0 saturated heterocycles. The molecular weight excluding hydrogens is 268 g/mol. The first kappa shape index (κ1) is 14.9. The molecule has 21 heavy (non-hydrogen) atoms. The Bertz CT molecular complexity index is 614. The number of benzene rings is 2. The molecule has 2 rings (SSSR count). The van der Waals surface area contributed by atoms with E-state index in [0.717, 1.165) is 11.3 Å². The van der Waals surface area contributed by atoms with Crippen molar-refractivity contribution in [3.63, 3.8) is 0 Å². The maximum absolute atomic E-state index is 11.4. The summed E-state index contributed by atoms with van der Waals surface area (Å²) < 4.78 is 11.2. The Morgan fingerprint density at radius 1 is 1.10 bits per heavy atom. The second-order valence-corrected chi connectivity index (χ2v) is 4.46. The number of carbonyl (C=O) groups is 1. The van der Waals surface area contributed by atoms with Crippen molar-refractivity contribution in [1.29, 1.82) is 0 Å². The summed E-state index contributed by atoms with van der Waals surface area (Å²) in [6.07, 6.45) is 0. The van der Waals surface area contributed by atoms with Crippen molar-refractivity contribution in [3.8, 4) is 11.5 Å². The highest BCUT2D eigenvalue weighted by molar-refractivity contribution is 5.94. The number of carbonyl (C=O) groups excluding carboxylic acids is 1. The monoisotopic (exact) mass is 286 g/mol. The van der Waals surface area contributed by atoms with Crippen molar-refractivity contribution in [2.75, 3.05) is 13.2 Å². The summed E-state index contributed by atoms with van der Waals surface area (Å²) >= 11 is 0. The minimum absolute atomic E-state index is 0.350. The molecular formula is C16H18N2O3. The van der Waals surface area contributed by atoms with Gasteiger partial charge in [-0.2, -0.15) is 0 Å².